The molecule has 3 aromatic rings. The third kappa shape index (κ3) is 4.43. The van der Waals surface area contributed by atoms with E-state index in [9.17, 15) is 9.59 Å². The van der Waals surface area contributed by atoms with E-state index < -0.39 is 5.91 Å². The number of primary amides is 1. The number of nitrogens with one attached hydrogen (secondary N) is 1. The van der Waals surface area contributed by atoms with E-state index in [0.29, 0.717) is 11.3 Å². The van der Waals surface area contributed by atoms with E-state index in [2.05, 4.69) is 25.4 Å². The van der Waals surface area contributed by atoms with E-state index in [1.807, 2.05) is 24.3 Å². The first-order chi connectivity index (χ1) is 14.6. The topological polar surface area (TPSA) is 114 Å². The minimum Gasteiger partial charge on any atom is -0.366 e. The van der Waals surface area contributed by atoms with Crippen LogP contribution in [0.3, 0.4) is 0 Å². The second-order valence-electron chi connectivity index (χ2n) is 7.20. The van der Waals surface area contributed by atoms with Crippen LogP contribution in [0.5, 0.6) is 0 Å². The van der Waals surface area contributed by atoms with Crippen LogP contribution in [-0.2, 0) is 4.79 Å². The Kier molecular flexibility index (Phi) is 5.65. The highest BCUT2D eigenvalue weighted by Crippen LogP contribution is 2.24. The summed E-state index contributed by atoms with van der Waals surface area (Å²) in [6.45, 7) is 1.48. The molecule has 3 heterocycles. The van der Waals surface area contributed by atoms with E-state index in [1.54, 1.807) is 36.7 Å². The smallest absolute Gasteiger partial charge is 0.248 e. The molecule has 1 aromatic carbocycles. The van der Waals surface area contributed by atoms with Crippen molar-refractivity contribution in [3.63, 3.8) is 0 Å². The molecule has 0 aliphatic carbocycles. The van der Waals surface area contributed by atoms with Crippen LogP contribution >= 0.6 is 0 Å². The number of hydrogen-bond acceptors (Lipinski definition) is 6. The minimum absolute atomic E-state index is 0.0133. The Morgan fingerprint density at radius 2 is 1.63 bits per heavy atom. The van der Waals surface area contributed by atoms with Gasteiger partial charge in [-0.15, -0.1) is 10.2 Å². The lowest BCUT2D eigenvalue weighted by molar-refractivity contribution is -0.120. The number of piperidine rings is 1. The molecule has 8 nitrogen and oxygen atoms in total. The molecule has 2 aromatic heterocycles. The highest BCUT2D eigenvalue weighted by Gasteiger charge is 2.26. The van der Waals surface area contributed by atoms with Crippen molar-refractivity contribution in [3.8, 4) is 11.3 Å². The molecule has 0 radical (unpaired) electrons. The molecule has 8 heteroatoms. The Bertz CT molecular complexity index is 1010. The van der Waals surface area contributed by atoms with Crippen LogP contribution in [0.4, 0.5) is 11.5 Å². The van der Waals surface area contributed by atoms with Gasteiger partial charge in [-0.2, -0.15) is 0 Å². The molecule has 1 aliphatic rings. The highest BCUT2D eigenvalue weighted by atomic mass is 16.2. The summed E-state index contributed by atoms with van der Waals surface area (Å²) in [6.07, 6.45) is 4.93. The zero-order valence-corrected chi connectivity index (χ0v) is 16.4. The van der Waals surface area contributed by atoms with Crippen LogP contribution in [-0.4, -0.2) is 40.1 Å². The number of carbonyl (C=O) groups excluding carboxylic acids is 2. The van der Waals surface area contributed by atoms with Gasteiger partial charge in [-0.05, 0) is 61.4 Å². The molecular weight excluding hydrogens is 380 g/mol. The van der Waals surface area contributed by atoms with Crippen molar-refractivity contribution in [3.05, 3.63) is 66.5 Å². The average Bonchev–Trinajstić information content (AvgIpc) is 2.80. The fourth-order valence-electron chi connectivity index (χ4n) is 3.50. The molecule has 3 N–H and O–H groups in total. The zero-order valence-electron chi connectivity index (χ0n) is 16.4. The Morgan fingerprint density at radius 3 is 2.23 bits per heavy atom. The number of aromatic nitrogens is 3. The summed E-state index contributed by atoms with van der Waals surface area (Å²) in [5.41, 5.74) is 8.09. The SMILES string of the molecule is NC(=O)c1ccc(NC(=O)C2CCN(c3ccc(-c4ccncc4)nn3)CC2)cc1. The van der Waals surface area contributed by atoms with Crippen LogP contribution in [0.2, 0.25) is 0 Å². The van der Waals surface area contributed by atoms with Gasteiger partial charge in [0.2, 0.25) is 11.8 Å². The van der Waals surface area contributed by atoms with Crippen molar-refractivity contribution in [2.45, 2.75) is 12.8 Å². The average molecular weight is 402 g/mol. The first kappa shape index (κ1) is 19.5. The standard InChI is InChI=1S/C22H22N6O2/c23-21(29)16-1-3-18(4-2-16)25-22(30)17-9-13-28(14-10-17)20-6-5-19(26-27-20)15-7-11-24-12-8-15/h1-8,11-12,17H,9-10,13-14H2,(H2,23,29)(H,25,30). The first-order valence-corrected chi connectivity index (χ1v) is 9.80. The number of anilines is 2. The Morgan fingerprint density at radius 1 is 0.933 bits per heavy atom. The second-order valence-corrected chi connectivity index (χ2v) is 7.20. The number of benzene rings is 1. The van der Waals surface area contributed by atoms with Crippen molar-refractivity contribution in [2.75, 3.05) is 23.3 Å². The maximum atomic E-state index is 12.6. The molecule has 2 amide bonds. The summed E-state index contributed by atoms with van der Waals surface area (Å²) in [4.78, 5) is 29.9. The molecule has 1 fully saturated rings. The molecule has 0 bridgehead atoms. The molecule has 0 spiro atoms. The van der Waals surface area contributed by atoms with Crippen LogP contribution in [0.1, 0.15) is 23.2 Å². The maximum Gasteiger partial charge on any atom is 0.248 e. The van der Waals surface area contributed by atoms with Crippen molar-refractivity contribution < 1.29 is 9.59 Å². The monoisotopic (exact) mass is 402 g/mol. The highest BCUT2D eigenvalue weighted by molar-refractivity contribution is 5.95. The Labute approximate surface area is 174 Å². The van der Waals surface area contributed by atoms with E-state index in [4.69, 9.17) is 5.73 Å². The van der Waals surface area contributed by atoms with Gasteiger partial charge in [0.25, 0.3) is 0 Å². The third-order valence-corrected chi connectivity index (χ3v) is 5.25. The fourth-order valence-corrected chi connectivity index (χ4v) is 3.50. The number of rotatable bonds is 5. The molecule has 1 aliphatic heterocycles. The summed E-state index contributed by atoms with van der Waals surface area (Å²) in [7, 11) is 0. The number of carbonyl (C=O) groups is 2. The predicted molar refractivity (Wildman–Crippen MR) is 114 cm³/mol. The minimum atomic E-state index is -0.489. The van der Waals surface area contributed by atoms with Crippen molar-refractivity contribution in [1.82, 2.24) is 15.2 Å². The molecule has 0 saturated carbocycles. The number of nitrogens with zero attached hydrogens (tertiary/aromatic N) is 4. The largest absolute Gasteiger partial charge is 0.366 e. The lowest BCUT2D eigenvalue weighted by Crippen LogP contribution is -2.38. The molecule has 30 heavy (non-hydrogen) atoms. The van der Waals surface area contributed by atoms with Crippen molar-refractivity contribution >= 4 is 23.3 Å². The lowest BCUT2D eigenvalue weighted by Gasteiger charge is -2.31. The molecule has 0 atom stereocenters. The number of nitrogens with two attached hydrogens (primary N) is 1. The van der Waals surface area contributed by atoms with Gasteiger partial charge in [0.15, 0.2) is 5.82 Å². The van der Waals surface area contributed by atoms with E-state index in [0.717, 1.165) is 43.0 Å². The quantitative estimate of drug-likeness (QED) is 0.678. The predicted octanol–water partition coefficient (Wildman–Crippen LogP) is 2.49. The summed E-state index contributed by atoms with van der Waals surface area (Å²) in [5, 5.41) is 11.6. The van der Waals surface area contributed by atoms with Gasteiger partial charge in [-0.3, -0.25) is 14.6 Å². The zero-order chi connectivity index (χ0) is 20.9. The molecule has 4 rings (SSSR count). The summed E-state index contributed by atoms with van der Waals surface area (Å²) in [6, 6.07) is 14.3. The second kappa shape index (κ2) is 8.69. The van der Waals surface area contributed by atoms with Crippen LogP contribution in [0.15, 0.2) is 60.9 Å². The van der Waals surface area contributed by atoms with Crippen LogP contribution in [0.25, 0.3) is 11.3 Å². The van der Waals surface area contributed by atoms with Crippen LogP contribution < -0.4 is 16.0 Å². The molecule has 152 valence electrons. The summed E-state index contributed by atoms with van der Waals surface area (Å²) in [5.74, 6) is 0.243. The van der Waals surface area contributed by atoms with E-state index >= 15 is 0 Å². The van der Waals surface area contributed by atoms with E-state index in [-0.39, 0.29) is 11.8 Å². The molecule has 0 unspecified atom stereocenters. The summed E-state index contributed by atoms with van der Waals surface area (Å²) >= 11 is 0. The van der Waals surface area contributed by atoms with Gasteiger partial charge in [0.1, 0.15) is 0 Å². The van der Waals surface area contributed by atoms with Gasteiger partial charge >= 0.3 is 0 Å². The molecular formula is C22H22N6O2. The lowest BCUT2D eigenvalue weighted by atomic mass is 9.95. The maximum absolute atomic E-state index is 12.6. The van der Waals surface area contributed by atoms with Gasteiger partial charge in [-0.25, -0.2) is 0 Å². The number of hydrogen-bond donors (Lipinski definition) is 2. The van der Waals surface area contributed by atoms with Crippen molar-refractivity contribution in [2.24, 2.45) is 11.7 Å². The van der Waals surface area contributed by atoms with Gasteiger partial charge < -0.3 is 16.0 Å². The normalized spacial score (nSPS) is 14.3. The fraction of sp³-hybridized carbons (Fsp3) is 0.227. The van der Waals surface area contributed by atoms with Gasteiger partial charge in [0, 0.05) is 48.2 Å². The number of pyridine rings is 1. The van der Waals surface area contributed by atoms with Crippen molar-refractivity contribution in [1.29, 1.82) is 0 Å². The summed E-state index contributed by atoms with van der Waals surface area (Å²) < 4.78 is 0. The Hall–Kier alpha value is -3.81. The van der Waals surface area contributed by atoms with E-state index in [1.165, 1.54) is 0 Å². The van der Waals surface area contributed by atoms with Gasteiger partial charge in [-0.1, -0.05) is 0 Å². The Balaban J connectivity index is 1.32. The van der Waals surface area contributed by atoms with Crippen LogP contribution in [0, 0.1) is 5.92 Å². The molecule has 1 saturated heterocycles. The third-order valence-electron chi connectivity index (χ3n) is 5.25. The first-order valence-electron chi connectivity index (χ1n) is 9.80. The van der Waals surface area contributed by atoms with Gasteiger partial charge in [0.05, 0.1) is 5.69 Å². The number of amides is 2.